The number of hydrogen-bond donors (Lipinski definition) is 2. The molecule has 1 fully saturated rings. The van der Waals surface area contributed by atoms with E-state index in [2.05, 4.69) is 14.7 Å². The number of imidazole rings is 1. The van der Waals surface area contributed by atoms with Crippen LogP contribution in [0.2, 0.25) is 0 Å². The number of carbonyl (C=O) groups excluding carboxylic acids is 1. The van der Waals surface area contributed by atoms with Crippen LogP contribution in [0.3, 0.4) is 0 Å². The molecule has 7 heteroatoms. The van der Waals surface area contributed by atoms with Crippen LogP contribution in [0, 0.1) is 5.92 Å². The van der Waals surface area contributed by atoms with Crippen molar-refractivity contribution in [2.45, 2.75) is 44.8 Å². The topological polar surface area (TPSA) is 94.5 Å². The minimum Gasteiger partial charge on any atom is -0.489 e. The van der Waals surface area contributed by atoms with Crippen LogP contribution in [-0.2, 0) is 17.9 Å². The van der Waals surface area contributed by atoms with Gasteiger partial charge in [0.1, 0.15) is 35.2 Å². The Bertz CT molecular complexity index is 1590. The maximum absolute atomic E-state index is 12.9. The normalized spacial score (nSPS) is 17.0. The molecule has 1 amide bonds. The van der Waals surface area contributed by atoms with Gasteiger partial charge in [-0.2, -0.15) is 0 Å². The van der Waals surface area contributed by atoms with Gasteiger partial charge in [0.05, 0.1) is 0 Å². The molecule has 0 spiro atoms. The number of carbonyl (C=O) groups is 1. The summed E-state index contributed by atoms with van der Waals surface area (Å²) in [6.07, 6.45) is 7.11. The van der Waals surface area contributed by atoms with Crippen molar-refractivity contribution >= 4 is 17.2 Å². The quantitative estimate of drug-likeness (QED) is 0.251. The highest BCUT2D eigenvalue weighted by Gasteiger charge is 2.30. The fourth-order valence-corrected chi connectivity index (χ4v) is 5.59. The number of hydrogen-bond acceptors (Lipinski definition) is 5. The summed E-state index contributed by atoms with van der Waals surface area (Å²) in [5, 5.41) is 3.12. The van der Waals surface area contributed by atoms with Gasteiger partial charge in [0.2, 0.25) is 5.91 Å². The zero-order valence-electron chi connectivity index (χ0n) is 22.4. The first-order valence-electron chi connectivity index (χ1n) is 13.9. The number of rotatable bonds is 8. The molecule has 0 atom stereocenters. The van der Waals surface area contributed by atoms with Crippen molar-refractivity contribution in [1.29, 1.82) is 0 Å². The Kier molecular flexibility index (Phi) is 7.44. The minimum atomic E-state index is 0.0239. The second kappa shape index (κ2) is 11.6. The first kappa shape index (κ1) is 25.6. The molecule has 202 valence electrons. The number of nitrogen functional groups attached to an aromatic ring is 1. The summed E-state index contributed by atoms with van der Waals surface area (Å²) in [4.78, 5) is 22.4. The SMILES string of the molecule is Nc1nccn2c(C3CCC(C(=O)NCc4ccccc4)CC3)nc(-c3cccc(OCc4ccccc4)c3)c12. The fourth-order valence-electron chi connectivity index (χ4n) is 5.59. The molecule has 40 heavy (non-hydrogen) atoms. The third kappa shape index (κ3) is 5.54. The molecular weight excluding hydrogens is 498 g/mol. The summed E-state index contributed by atoms with van der Waals surface area (Å²) >= 11 is 0. The number of anilines is 1. The van der Waals surface area contributed by atoms with E-state index >= 15 is 0 Å². The van der Waals surface area contributed by atoms with Crippen molar-refractivity contribution in [3.05, 3.63) is 114 Å². The van der Waals surface area contributed by atoms with E-state index in [-0.39, 0.29) is 17.7 Å². The van der Waals surface area contributed by atoms with Gasteiger partial charge in [-0.25, -0.2) is 9.97 Å². The predicted octanol–water partition coefficient (Wildman–Crippen LogP) is 6.15. The number of nitrogens with two attached hydrogens (primary N) is 1. The highest BCUT2D eigenvalue weighted by molar-refractivity contribution is 5.85. The van der Waals surface area contributed by atoms with Crippen molar-refractivity contribution in [3.8, 4) is 17.0 Å². The van der Waals surface area contributed by atoms with Crippen LogP contribution in [0.5, 0.6) is 5.75 Å². The summed E-state index contributed by atoms with van der Waals surface area (Å²) in [6.45, 7) is 1.06. The van der Waals surface area contributed by atoms with E-state index in [4.69, 9.17) is 15.5 Å². The van der Waals surface area contributed by atoms with Crippen LogP contribution in [0.4, 0.5) is 5.82 Å². The molecule has 6 rings (SSSR count). The number of nitrogens with one attached hydrogen (secondary N) is 1. The lowest BCUT2D eigenvalue weighted by atomic mass is 9.81. The molecule has 2 heterocycles. The van der Waals surface area contributed by atoms with Crippen molar-refractivity contribution in [3.63, 3.8) is 0 Å². The predicted molar refractivity (Wildman–Crippen MR) is 157 cm³/mol. The Morgan fingerprint density at radius 3 is 2.40 bits per heavy atom. The Balaban J connectivity index is 1.19. The Morgan fingerprint density at radius 1 is 0.925 bits per heavy atom. The minimum absolute atomic E-state index is 0.0239. The summed E-state index contributed by atoms with van der Waals surface area (Å²) in [5.41, 5.74) is 11.2. The zero-order chi connectivity index (χ0) is 27.3. The molecule has 0 saturated heterocycles. The number of ether oxygens (including phenoxy) is 1. The van der Waals surface area contributed by atoms with E-state index in [0.29, 0.717) is 19.0 Å². The second-order valence-electron chi connectivity index (χ2n) is 10.4. The van der Waals surface area contributed by atoms with Gasteiger partial charge in [-0.3, -0.25) is 9.20 Å². The Morgan fingerprint density at radius 2 is 1.65 bits per heavy atom. The molecule has 1 saturated carbocycles. The first-order valence-corrected chi connectivity index (χ1v) is 13.9. The van der Waals surface area contributed by atoms with E-state index < -0.39 is 0 Å². The highest BCUT2D eigenvalue weighted by atomic mass is 16.5. The summed E-state index contributed by atoms with van der Waals surface area (Å²) < 4.78 is 8.16. The number of amides is 1. The van der Waals surface area contributed by atoms with Gasteiger partial charge >= 0.3 is 0 Å². The highest BCUT2D eigenvalue weighted by Crippen LogP contribution is 2.39. The maximum atomic E-state index is 12.9. The van der Waals surface area contributed by atoms with E-state index in [1.807, 2.05) is 91.1 Å². The summed E-state index contributed by atoms with van der Waals surface area (Å²) in [5.74, 6) is 2.58. The molecule has 0 bridgehead atoms. The van der Waals surface area contributed by atoms with E-state index in [9.17, 15) is 4.79 Å². The standard InChI is InChI=1S/C33H33N5O2/c34-31-30-29(27-12-7-13-28(20-27)40-22-24-10-5-2-6-11-24)37-32(38(30)19-18-35-31)25-14-16-26(17-15-25)33(39)36-21-23-8-3-1-4-9-23/h1-13,18-20,25-26H,14-17,21-22H2,(H2,34,35)(H,36,39). The maximum Gasteiger partial charge on any atom is 0.223 e. The van der Waals surface area contributed by atoms with Crippen LogP contribution in [-0.4, -0.2) is 20.3 Å². The van der Waals surface area contributed by atoms with Crippen LogP contribution in [0.15, 0.2) is 97.3 Å². The van der Waals surface area contributed by atoms with E-state index in [1.165, 1.54) is 0 Å². The van der Waals surface area contributed by atoms with Crippen molar-refractivity contribution in [1.82, 2.24) is 19.7 Å². The van der Waals surface area contributed by atoms with Gasteiger partial charge in [0.25, 0.3) is 0 Å². The third-order valence-corrected chi connectivity index (χ3v) is 7.74. The van der Waals surface area contributed by atoms with Crippen molar-refractivity contribution < 1.29 is 9.53 Å². The summed E-state index contributed by atoms with van der Waals surface area (Å²) in [6, 6.07) is 28.1. The van der Waals surface area contributed by atoms with Crippen LogP contribution in [0.1, 0.15) is 48.6 Å². The molecular formula is C33H33N5O2. The van der Waals surface area contributed by atoms with Gasteiger partial charge in [-0.1, -0.05) is 72.8 Å². The zero-order valence-corrected chi connectivity index (χ0v) is 22.4. The molecule has 7 nitrogen and oxygen atoms in total. The van der Waals surface area contributed by atoms with E-state index in [1.54, 1.807) is 6.20 Å². The van der Waals surface area contributed by atoms with Gasteiger partial charge in [0.15, 0.2) is 0 Å². The van der Waals surface area contributed by atoms with Gasteiger partial charge < -0.3 is 15.8 Å². The average molecular weight is 532 g/mol. The van der Waals surface area contributed by atoms with Crippen LogP contribution < -0.4 is 15.8 Å². The molecule has 1 aliphatic rings. The first-order chi connectivity index (χ1) is 19.7. The lowest BCUT2D eigenvalue weighted by molar-refractivity contribution is -0.126. The molecule has 3 N–H and O–H groups in total. The summed E-state index contributed by atoms with van der Waals surface area (Å²) in [7, 11) is 0. The number of benzene rings is 3. The van der Waals surface area contributed by atoms with Gasteiger partial charge in [-0.05, 0) is 48.9 Å². The lowest BCUT2D eigenvalue weighted by Crippen LogP contribution is -2.32. The smallest absolute Gasteiger partial charge is 0.223 e. The monoisotopic (exact) mass is 531 g/mol. The number of nitrogens with zero attached hydrogens (tertiary/aromatic N) is 3. The van der Waals surface area contributed by atoms with Gasteiger partial charge in [0, 0.05) is 36.3 Å². The lowest BCUT2D eigenvalue weighted by Gasteiger charge is -2.27. The number of fused-ring (bicyclic) bond motifs is 1. The average Bonchev–Trinajstić information content (AvgIpc) is 3.41. The largest absolute Gasteiger partial charge is 0.489 e. The molecule has 1 aliphatic carbocycles. The second-order valence-corrected chi connectivity index (χ2v) is 10.4. The molecule has 5 aromatic rings. The number of aromatic nitrogens is 3. The third-order valence-electron chi connectivity index (χ3n) is 7.74. The molecule has 3 aromatic carbocycles. The molecule has 0 radical (unpaired) electrons. The fraction of sp³-hybridized carbons (Fsp3) is 0.242. The van der Waals surface area contributed by atoms with Crippen molar-refractivity contribution in [2.24, 2.45) is 5.92 Å². The molecule has 0 aliphatic heterocycles. The van der Waals surface area contributed by atoms with Crippen molar-refractivity contribution in [2.75, 3.05) is 5.73 Å². The molecule has 0 unspecified atom stereocenters. The van der Waals surface area contributed by atoms with Crippen LogP contribution >= 0.6 is 0 Å². The van der Waals surface area contributed by atoms with E-state index in [0.717, 1.165) is 65.2 Å². The molecule has 2 aromatic heterocycles. The Hall–Kier alpha value is -4.65. The van der Waals surface area contributed by atoms with Crippen LogP contribution in [0.25, 0.3) is 16.8 Å². The van der Waals surface area contributed by atoms with Gasteiger partial charge in [-0.15, -0.1) is 0 Å². The Labute approximate surface area is 234 Å².